The summed E-state index contributed by atoms with van der Waals surface area (Å²) >= 11 is 0. The van der Waals surface area contributed by atoms with Crippen LogP contribution in [0.4, 0.5) is 0 Å². The average molecular weight is 404 g/mol. The summed E-state index contributed by atoms with van der Waals surface area (Å²) in [4.78, 5) is 8.83. The summed E-state index contributed by atoms with van der Waals surface area (Å²) in [6.45, 7) is 7.27. The predicted molar refractivity (Wildman–Crippen MR) is 96.1 cm³/mol. The van der Waals surface area contributed by atoms with Crippen molar-refractivity contribution < 1.29 is 4.74 Å². The summed E-state index contributed by atoms with van der Waals surface area (Å²) in [6, 6.07) is 5.87. The standard InChI is InChI=1S/C15H24N4O.HI/c1-3-16-14(18-11-13-7-4-5-9-17-13)19-12-15(2)8-6-10-20-15;/h4-5,7,9H,3,6,8,10-12H2,1-2H3,(H2,16,18,19);1H. The summed E-state index contributed by atoms with van der Waals surface area (Å²) in [5, 5.41) is 6.61. The lowest BCUT2D eigenvalue weighted by Crippen LogP contribution is -2.45. The fraction of sp³-hybridized carbons (Fsp3) is 0.600. The number of hydrogen-bond acceptors (Lipinski definition) is 3. The minimum absolute atomic E-state index is 0. The van der Waals surface area contributed by atoms with E-state index in [9.17, 15) is 0 Å². The maximum atomic E-state index is 5.77. The molecule has 0 aromatic carbocycles. The van der Waals surface area contributed by atoms with Gasteiger partial charge in [-0.2, -0.15) is 0 Å². The van der Waals surface area contributed by atoms with Crippen LogP contribution in [0.5, 0.6) is 0 Å². The van der Waals surface area contributed by atoms with Gasteiger partial charge in [-0.05, 0) is 38.8 Å². The fourth-order valence-electron chi connectivity index (χ4n) is 2.24. The molecular weight excluding hydrogens is 379 g/mol. The van der Waals surface area contributed by atoms with Crippen LogP contribution in [0, 0.1) is 0 Å². The molecule has 21 heavy (non-hydrogen) atoms. The number of rotatable bonds is 5. The van der Waals surface area contributed by atoms with E-state index in [4.69, 9.17) is 4.74 Å². The maximum Gasteiger partial charge on any atom is 0.191 e. The lowest BCUT2D eigenvalue weighted by Gasteiger charge is -2.24. The van der Waals surface area contributed by atoms with E-state index >= 15 is 0 Å². The van der Waals surface area contributed by atoms with Gasteiger partial charge in [0.15, 0.2) is 5.96 Å². The van der Waals surface area contributed by atoms with Crippen LogP contribution in [0.2, 0.25) is 0 Å². The second kappa shape index (κ2) is 9.19. The highest BCUT2D eigenvalue weighted by Gasteiger charge is 2.29. The Labute approximate surface area is 144 Å². The zero-order valence-corrected chi connectivity index (χ0v) is 15.1. The molecule has 2 N–H and O–H groups in total. The van der Waals surface area contributed by atoms with Gasteiger partial charge in [0.1, 0.15) is 0 Å². The highest BCUT2D eigenvalue weighted by Crippen LogP contribution is 2.23. The van der Waals surface area contributed by atoms with E-state index in [0.717, 1.165) is 44.2 Å². The van der Waals surface area contributed by atoms with Crippen LogP contribution in [0.15, 0.2) is 29.4 Å². The van der Waals surface area contributed by atoms with Crippen LogP contribution in [-0.2, 0) is 11.3 Å². The number of halogens is 1. The fourth-order valence-corrected chi connectivity index (χ4v) is 2.24. The molecule has 5 nitrogen and oxygen atoms in total. The Morgan fingerprint density at radius 3 is 2.90 bits per heavy atom. The Bertz CT molecular complexity index is 433. The summed E-state index contributed by atoms with van der Waals surface area (Å²) in [5.74, 6) is 0.815. The molecule has 1 aromatic heterocycles. The smallest absolute Gasteiger partial charge is 0.191 e. The molecule has 0 spiro atoms. The summed E-state index contributed by atoms with van der Waals surface area (Å²) in [6.07, 6.45) is 4.03. The third-order valence-corrected chi connectivity index (χ3v) is 3.40. The number of aromatic nitrogens is 1. The number of pyridine rings is 1. The quantitative estimate of drug-likeness (QED) is 0.450. The van der Waals surface area contributed by atoms with Crippen molar-refractivity contribution in [3.8, 4) is 0 Å². The number of nitrogens with zero attached hydrogens (tertiary/aromatic N) is 2. The van der Waals surface area contributed by atoms with Gasteiger partial charge >= 0.3 is 0 Å². The Balaban J connectivity index is 0.00000220. The molecule has 1 aliphatic heterocycles. The Morgan fingerprint density at radius 2 is 2.29 bits per heavy atom. The summed E-state index contributed by atoms with van der Waals surface area (Å²) in [5.41, 5.74) is 0.898. The molecule has 0 bridgehead atoms. The zero-order valence-electron chi connectivity index (χ0n) is 12.8. The van der Waals surface area contributed by atoms with E-state index in [0.29, 0.717) is 6.54 Å². The molecule has 0 radical (unpaired) electrons. The molecule has 1 aliphatic rings. The Hall–Kier alpha value is -0.890. The van der Waals surface area contributed by atoms with Crippen molar-refractivity contribution in [2.75, 3.05) is 19.7 Å². The third-order valence-electron chi connectivity index (χ3n) is 3.40. The van der Waals surface area contributed by atoms with Crippen molar-refractivity contribution in [3.63, 3.8) is 0 Å². The van der Waals surface area contributed by atoms with E-state index in [-0.39, 0.29) is 29.6 Å². The monoisotopic (exact) mass is 404 g/mol. The molecule has 2 rings (SSSR count). The molecule has 0 saturated carbocycles. The van der Waals surface area contributed by atoms with Crippen molar-refractivity contribution in [2.45, 2.75) is 38.8 Å². The van der Waals surface area contributed by atoms with E-state index in [1.54, 1.807) is 6.20 Å². The SMILES string of the molecule is CCNC(=NCc1ccccn1)NCC1(C)CCCO1.I. The van der Waals surface area contributed by atoms with E-state index in [1.165, 1.54) is 0 Å². The van der Waals surface area contributed by atoms with Gasteiger partial charge in [-0.1, -0.05) is 6.07 Å². The highest BCUT2D eigenvalue weighted by atomic mass is 127. The number of ether oxygens (including phenoxy) is 1. The molecule has 1 unspecified atom stereocenters. The van der Waals surface area contributed by atoms with Crippen LogP contribution >= 0.6 is 24.0 Å². The van der Waals surface area contributed by atoms with Crippen LogP contribution in [0.1, 0.15) is 32.4 Å². The van der Waals surface area contributed by atoms with Crippen LogP contribution < -0.4 is 10.6 Å². The Kier molecular flexibility index (Phi) is 7.95. The molecule has 118 valence electrons. The second-order valence-electron chi connectivity index (χ2n) is 5.27. The van der Waals surface area contributed by atoms with Crippen molar-refractivity contribution in [1.82, 2.24) is 15.6 Å². The molecule has 0 aliphatic carbocycles. The minimum atomic E-state index is -0.0683. The number of hydrogen-bond donors (Lipinski definition) is 2. The van der Waals surface area contributed by atoms with Crippen LogP contribution in [0.25, 0.3) is 0 Å². The van der Waals surface area contributed by atoms with Crippen molar-refractivity contribution in [1.29, 1.82) is 0 Å². The van der Waals surface area contributed by atoms with Gasteiger partial charge in [0.25, 0.3) is 0 Å². The first-order valence-corrected chi connectivity index (χ1v) is 7.28. The topological polar surface area (TPSA) is 58.5 Å². The van der Waals surface area contributed by atoms with Gasteiger partial charge in [-0.15, -0.1) is 24.0 Å². The molecule has 1 aromatic rings. The molecule has 1 saturated heterocycles. The zero-order chi connectivity index (χ0) is 14.3. The van der Waals surface area contributed by atoms with Crippen LogP contribution in [0.3, 0.4) is 0 Å². The van der Waals surface area contributed by atoms with Gasteiger partial charge in [0.05, 0.1) is 17.8 Å². The normalized spacial score (nSPS) is 21.7. The van der Waals surface area contributed by atoms with Crippen molar-refractivity contribution in [2.24, 2.45) is 4.99 Å². The lowest BCUT2D eigenvalue weighted by atomic mass is 10.0. The highest BCUT2D eigenvalue weighted by molar-refractivity contribution is 14.0. The first kappa shape index (κ1) is 18.2. The van der Waals surface area contributed by atoms with Gasteiger partial charge in [-0.3, -0.25) is 4.98 Å². The van der Waals surface area contributed by atoms with Crippen molar-refractivity contribution in [3.05, 3.63) is 30.1 Å². The van der Waals surface area contributed by atoms with Gasteiger partial charge in [-0.25, -0.2) is 4.99 Å². The summed E-state index contributed by atoms with van der Waals surface area (Å²) in [7, 11) is 0. The van der Waals surface area contributed by atoms with Gasteiger partial charge < -0.3 is 15.4 Å². The Morgan fingerprint density at radius 1 is 1.43 bits per heavy atom. The predicted octanol–water partition coefficient (Wildman–Crippen LogP) is 2.32. The number of nitrogens with one attached hydrogen (secondary N) is 2. The molecule has 6 heteroatoms. The maximum absolute atomic E-state index is 5.77. The number of guanidine groups is 1. The molecule has 0 amide bonds. The lowest BCUT2D eigenvalue weighted by molar-refractivity contribution is 0.0243. The van der Waals surface area contributed by atoms with E-state index in [1.807, 2.05) is 18.2 Å². The summed E-state index contributed by atoms with van der Waals surface area (Å²) < 4.78 is 5.77. The van der Waals surface area contributed by atoms with E-state index in [2.05, 4.69) is 34.5 Å². The molecule has 2 heterocycles. The van der Waals surface area contributed by atoms with Crippen molar-refractivity contribution >= 4 is 29.9 Å². The largest absolute Gasteiger partial charge is 0.373 e. The first-order chi connectivity index (χ1) is 9.72. The second-order valence-corrected chi connectivity index (χ2v) is 5.27. The van der Waals surface area contributed by atoms with Gasteiger partial charge in [0.2, 0.25) is 0 Å². The molecular formula is C15H25IN4O. The third kappa shape index (κ3) is 6.17. The average Bonchev–Trinajstić information content (AvgIpc) is 2.90. The first-order valence-electron chi connectivity index (χ1n) is 7.28. The minimum Gasteiger partial charge on any atom is -0.373 e. The number of aliphatic imine (C=N–C) groups is 1. The van der Waals surface area contributed by atoms with Crippen LogP contribution in [-0.4, -0.2) is 36.2 Å². The van der Waals surface area contributed by atoms with E-state index < -0.39 is 0 Å². The van der Waals surface area contributed by atoms with Gasteiger partial charge in [0, 0.05) is 25.9 Å². The molecule has 1 atom stereocenters. The molecule has 1 fully saturated rings.